The van der Waals surface area contributed by atoms with Gasteiger partial charge >= 0.3 is 0 Å². The Morgan fingerprint density at radius 2 is 1.73 bits per heavy atom. The van der Waals surface area contributed by atoms with Crippen molar-refractivity contribution in [2.24, 2.45) is 11.8 Å². The molecule has 1 aromatic carbocycles. The highest BCUT2D eigenvalue weighted by atomic mass is 14.2. The summed E-state index contributed by atoms with van der Waals surface area (Å²) < 4.78 is 0. The average Bonchev–Trinajstić information content (AvgIpc) is 2.55. The third kappa shape index (κ3) is 6.38. The molecule has 1 aliphatic carbocycles. The van der Waals surface area contributed by atoms with Gasteiger partial charge in [-0.3, -0.25) is 0 Å². The van der Waals surface area contributed by atoms with E-state index in [1.54, 1.807) is 0 Å². The van der Waals surface area contributed by atoms with Gasteiger partial charge in [0.05, 0.1) is 0 Å². The van der Waals surface area contributed by atoms with Crippen LogP contribution in [-0.2, 0) is 6.42 Å². The molecule has 0 saturated heterocycles. The Morgan fingerprint density at radius 1 is 1.00 bits per heavy atom. The van der Waals surface area contributed by atoms with Crippen molar-refractivity contribution < 1.29 is 0 Å². The van der Waals surface area contributed by atoms with E-state index in [0.717, 1.165) is 11.8 Å². The van der Waals surface area contributed by atoms with Crippen molar-refractivity contribution in [2.45, 2.75) is 78.1 Å². The molecule has 0 aliphatic heterocycles. The van der Waals surface area contributed by atoms with Crippen molar-refractivity contribution >= 4 is 0 Å². The van der Waals surface area contributed by atoms with Crippen LogP contribution in [0.3, 0.4) is 0 Å². The number of hydrogen-bond donors (Lipinski definition) is 0. The highest BCUT2D eigenvalue weighted by Crippen LogP contribution is 2.32. The zero-order chi connectivity index (χ0) is 15.6. The number of unbranched alkanes of at least 4 members (excludes halogenated alkanes) is 2. The van der Waals surface area contributed by atoms with Gasteiger partial charge in [-0.1, -0.05) is 74.6 Å². The molecule has 0 heterocycles. The first-order valence-electron chi connectivity index (χ1n) is 9.50. The lowest BCUT2D eigenvalue weighted by Crippen LogP contribution is -2.13. The van der Waals surface area contributed by atoms with Gasteiger partial charge in [-0.05, 0) is 62.8 Å². The van der Waals surface area contributed by atoms with E-state index in [0.29, 0.717) is 0 Å². The summed E-state index contributed by atoms with van der Waals surface area (Å²) in [7, 11) is 0. The number of benzene rings is 1. The number of rotatable bonds is 8. The van der Waals surface area contributed by atoms with E-state index in [-0.39, 0.29) is 0 Å². The van der Waals surface area contributed by atoms with Gasteiger partial charge in [0.1, 0.15) is 0 Å². The molecule has 0 atom stereocenters. The molecule has 0 radical (unpaired) electrons. The van der Waals surface area contributed by atoms with Crippen LogP contribution in [0.2, 0.25) is 0 Å². The van der Waals surface area contributed by atoms with Crippen LogP contribution in [0.25, 0.3) is 0 Å². The molecule has 1 fully saturated rings. The quantitative estimate of drug-likeness (QED) is 0.363. The molecule has 0 bridgehead atoms. The smallest absolute Gasteiger partial charge is 0.0233 e. The topological polar surface area (TPSA) is 0 Å². The Morgan fingerprint density at radius 3 is 2.41 bits per heavy atom. The van der Waals surface area contributed by atoms with Crippen LogP contribution >= 0.6 is 0 Å². The monoisotopic (exact) mass is 298 g/mol. The van der Waals surface area contributed by atoms with Crippen LogP contribution in [0.4, 0.5) is 0 Å². The summed E-state index contributed by atoms with van der Waals surface area (Å²) >= 11 is 0. The van der Waals surface area contributed by atoms with E-state index in [9.17, 15) is 0 Å². The molecule has 1 aromatic rings. The first-order valence-corrected chi connectivity index (χ1v) is 9.50. The van der Waals surface area contributed by atoms with Crippen LogP contribution in [0.5, 0.6) is 0 Å². The van der Waals surface area contributed by atoms with Gasteiger partial charge in [-0.15, -0.1) is 0 Å². The summed E-state index contributed by atoms with van der Waals surface area (Å²) in [5.74, 6) is 1.89. The first-order chi connectivity index (χ1) is 10.8. The number of allylic oxidation sites excluding steroid dienone is 2. The zero-order valence-corrected chi connectivity index (χ0v) is 14.7. The maximum absolute atomic E-state index is 2.51. The van der Waals surface area contributed by atoms with Crippen LogP contribution in [0, 0.1) is 18.8 Å². The molecule has 0 unspecified atom stereocenters. The SMILES string of the molecule is CCCCC[C@H]1CC[C@H](C=CCCc2ccc(C)cc2)CC1. The lowest BCUT2D eigenvalue weighted by molar-refractivity contribution is 0.289. The molecule has 22 heavy (non-hydrogen) atoms. The lowest BCUT2D eigenvalue weighted by Gasteiger charge is -2.26. The summed E-state index contributed by atoms with van der Waals surface area (Å²) in [5.41, 5.74) is 2.82. The summed E-state index contributed by atoms with van der Waals surface area (Å²) in [4.78, 5) is 0. The minimum atomic E-state index is 0.862. The van der Waals surface area contributed by atoms with Gasteiger partial charge in [0.2, 0.25) is 0 Å². The fourth-order valence-electron chi connectivity index (χ4n) is 3.65. The average molecular weight is 299 g/mol. The van der Waals surface area contributed by atoms with E-state index < -0.39 is 0 Å². The third-order valence-electron chi connectivity index (χ3n) is 5.24. The normalized spacial score (nSPS) is 22.3. The van der Waals surface area contributed by atoms with E-state index in [2.05, 4.69) is 50.3 Å². The summed E-state index contributed by atoms with van der Waals surface area (Å²) in [6.07, 6.45) is 18.8. The van der Waals surface area contributed by atoms with Gasteiger partial charge in [-0.25, -0.2) is 0 Å². The van der Waals surface area contributed by atoms with Crippen molar-refractivity contribution in [1.82, 2.24) is 0 Å². The summed E-state index contributed by atoms with van der Waals surface area (Å²) in [6.45, 7) is 4.46. The van der Waals surface area contributed by atoms with Crippen molar-refractivity contribution in [1.29, 1.82) is 0 Å². The Hall–Kier alpha value is -1.04. The molecule has 1 aliphatic rings. The highest BCUT2D eigenvalue weighted by Gasteiger charge is 2.18. The molecule has 0 N–H and O–H groups in total. The van der Waals surface area contributed by atoms with Gasteiger partial charge < -0.3 is 0 Å². The molecular formula is C22H34. The third-order valence-corrected chi connectivity index (χ3v) is 5.24. The van der Waals surface area contributed by atoms with Crippen LogP contribution < -0.4 is 0 Å². The number of hydrogen-bond acceptors (Lipinski definition) is 0. The van der Waals surface area contributed by atoms with E-state index in [4.69, 9.17) is 0 Å². The predicted molar refractivity (Wildman–Crippen MR) is 98.2 cm³/mol. The van der Waals surface area contributed by atoms with E-state index >= 15 is 0 Å². The molecule has 2 rings (SSSR count). The summed E-state index contributed by atoms with van der Waals surface area (Å²) in [6, 6.07) is 8.98. The van der Waals surface area contributed by atoms with E-state index in [1.165, 1.54) is 75.3 Å². The molecular weight excluding hydrogens is 264 g/mol. The minimum absolute atomic E-state index is 0.862. The maximum atomic E-state index is 2.51. The molecule has 1 saturated carbocycles. The largest absolute Gasteiger partial charge is 0.0879 e. The maximum Gasteiger partial charge on any atom is -0.0233 e. The standard InChI is InChI=1S/C22H34/c1-3-4-5-8-21-15-17-22(18-16-21)10-7-6-9-20-13-11-19(2)12-14-20/h7,10-14,21-22H,3-6,8-9,15-18H2,1-2H3/t21-,22-. The second-order valence-corrected chi connectivity index (χ2v) is 7.23. The Bertz CT molecular complexity index is 418. The van der Waals surface area contributed by atoms with Gasteiger partial charge in [-0.2, -0.15) is 0 Å². The fraction of sp³-hybridized carbons (Fsp3) is 0.636. The zero-order valence-electron chi connectivity index (χ0n) is 14.7. The second-order valence-electron chi connectivity index (χ2n) is 7.23. The number of aryl methyl sites for hydroxylation is 2. The molecule has 0 aromatic heterocycles. The van der Waals surface area contributed by atoms with Gasteiger partial charge in [0.15, 0.2) is 0 Å². The lowest BCUT2D eigenvalue weighted by atomic mass is 9.79. The van der Waals surface area contributed by atoms with Gasteiger partial charge in [0.25, 0.3) is 0 Å². The second kappa shape index (κ2) is 9.87. The van der Waals surface area contributed by atoms with Crippen molar-refractivity contribution in [3.05, 3.63) is 47.5 Å². The minimum Gasteiger partial charge on any atom is -0.0879 e. The summed E-state index contributed by atoms with van der Waals surface area (Å²) in [5, 5.41) is 0. The Balaban J connectivity index is 1.60. The highest BCUT2D eigenvalue weighted by molar-refractivity contribution is 5.21. The van der Waals surface area contributed by atoms with Gasteiger partial charge in [0, 0.05) is 0 Å². The first kappa shape index (κ1) is 17.3. The fourth-order valence-corrected chi connectivity index (χ4v) is 3.65. The predicted octanol–water partition coefficient (Wildman–Crippen LogP) is 6.87. The molecule has 0 amide bonds. The molecule has 122 valence electrons. The van der Waals surface area contributed by atoms with E-state index in [1.807, 2.05) is 0 Å². The Kier molecular flexibility index (Phi) is 7.77. The molecule has 0 nitrogen and oxygen atoms in total. The Labute approximate surface area is 138 Å². The van der Waals surface area contributed by atoms with Crippen LogP contribution in [-0.4, -0.2) is 0 Å². The van der Waals surface area contributed by atoms with Crippen LogP contribution in [0.1, 0.15) is 75.8 Å². The van der Waals surface area contributed by atoms with Crippen molar-refractivity contribution in [3.63, 3.8) is 0 Å². The molecule has 0 spiro atoms. The van der Waals surface area contributed by atoms with Crippen molar-refractivity contribution in [2.75, 3.05) is 0 Å². The van der Waals surface area contributed by atoms with Crippen LogP contribution in [0.15, 0.2) is 36.4 Å². The molecule has 0 heteroatoms. The van der Waals surface area contributed by atoms with Crippen molar-refractivity contribution in [3.8, 4) is 0 Å².